The first-order valence-electron chi connectivity index (χ1n) is 7.40. The minimum Gasteiger partial charge on any atom is -0.358 e. The lowest BCUT2D eigenvalue weighted by molar-refractivity contribution is 0.0644. The molecular formula is C16H20FN3O. The zero-order valence-corrected chi connectivity index (χ0v) is 12.4. The number of piperazine rings is 1. The number of nitrogens with zero attached hydrogens (tertiary/aromatic N) is 2. The van der Waals surface area contributed by atoms with Gasteiger partial charge in [-0.1, -0.05) is 13.0 Å². The van der Waals surface area contributed by atoms with E-state index in [0.717, 1.165) is 25.3 Å². The van der Waals surface area contributed by atoms with Gasteiger partial charge in [-0.05, 0) is 25.6 Å². The van der Waals surface area contributed by atoms with E-state index in [2.05, 4.69) is 16.8 Å². The fraction of sp³-hybridized carbons (Fsp3) is 0.438. The quantitative estimate of drug-likeness (QED) is 0.922. The van der Waals surface area contributed by atoms with Crippen LogP contribution in [0.25, 0.3) is 10.9 Å². The van der Waals surface area contributed by atoms with Gasteiger partial charge in [0.15, 0.2) is 0 Å². The summed E-state index contributed by atoms with van der Waals surface area (Å²) in [5, 5.41) is 0.415. The maximum Gasteiger partial charge on any atom is 0.256 e. The van der Waals surface area contributed by atoms with Crippen LogP contribution >= 0.6 is 0 Å². The number of carbonyl (C=O) groups is 1. The molecule has 1 saturated heterocycles. The average molecular weight is 289 g/mol. The molecule has 5 heteroatoms. The minimum atomic E-state index is -0.340. The molecule has 4 nitrogen and oxygen atoms in total. The second-order valence-corrected chi connectivity index (χ2v) is 5.51. The monoisotopic (exact) mass is 289 g/mol. The van der Waals surface area contributed by atoms with E-state index in [-0.39, 0.29) is 11.7 Å². The second-order valence-electron chi connectivity index (χ2n) is 5.51. The molecule has 0 spiro atoms. The number of amides is 1. The highest BCUT2D eigenvalue weighted by molar-refractivity contribution is 6.08. The van der Waals surface area contributed by atoms with E-state index in [1.807, 2.05) is 11.8 Å². The number of rotatable bonds is 2. The molecule has 21 heavy (non-hydrogen) atoms. The molecule has 1 fully saturated rings. The van der Waals surface area contributed by atoms with Crippen LogP contribution in [0.3, 0.4) is 0 Å². The Morgan fingerprint density at radius 1 is 1.29 bits per heavy atom. The van der Waals surface area contributed by atoms with Crippen LogP contribution in [0.4, 0.5) is 4.39 Å². The highest BCUT2D eigenvalue weighted by atomic mass is 19.1. The van der Waals surface area contributed by atoms with Crippen molar-refractivity contribution < 1.29 is 9.18 Å². The van der Waals surface area contributed by atoms with Gasteiger partial charge in [0.1, 0.15) is 5.82 Å². The van der Waals surface area contributed by atoms with E-state index in [1.54, 1.807) is 12.1 Å². The van der Waals surface area contributed by atoms with Crippen molar-refractivity contribution >= 4 is 16.8 Å². The first kappa shape index (κ1) is 14.1. The number of benzene rings is 1. The molecule has 1 aliphatic heterocycles. The molecule has 1 N–H and O–H groups in total. The third kappa shape index (κ3) is 2.42. The summed E-state index contributed by atoms with van der Waals surface area (Å²) >= 11 is 0. The molecule has 0 aliphatic carbocycles. The summed E-state index contributed by atoms with van der Waals surface area (Å²) in [6, 6.07) is 4.86. The number of hydrogen-bond acceptors (Lipinski definition) is 2. The van der Waals surface area contributed by atoms with Gasteiger partial charge in [0.2, 0.25) is 0 Å². The van der Waals surface area contributed by atoms with Gasteiger partial charge in [0.05, 0.1) is 5.56 Å². The van der Waals surface area contributed by atoms with E-state index in [0.29, 0.717) is 29.6 Å². The van der Waals surface area contributed by atoms with E-state index in [4.69, 9.17) is 0 Å². The summed E-state index contributed by atoms with van der Waals surface area (Å²) < 4.78 is 14.1. The van der Waals surface area contributed by atoms with E-state index >= 15 is 0 Å². The van der Waals surface area contributed by atoms with E-state index < -0.39 is 0 Å². The van der Waals surface area contributed by atoms with E-state index in [9.17, 15) is 9.18 Å². The van der Waals surface area contributed by atoms with Gasteiger partial charge in [-0.2, -0.15) is 0 Å². The van der Waals surface area contributed by atoms with Crippen LogP contribution in [0.15, 0.2) is 18.2 Å². The van der Waals surface area contributed by atoms with Gasteiger partial charge in [-0.3, -0.25) is 4.79 Å². The molecule has 1 aliphatic rings. The van der Waals surface area contributed by atoms with E-state index in [1.165, 1.54) is 6.07 Å². The van der Waals surface area contributed by atoms with Crippen LogP contribution < -0.4 is 0 Å². The van der Waals surface area contributed by atoms with Gasteiger partial charge in [0, 0.05) is 42.8 Å². The van der Waals surface area contributed by atoms with Crippen molar-refractivity contribution in [1.29, 1.82) is 0 Å². The largest absolute Gasteiger partial charge is 0.358 e. The maximum absolute atomic E-state index is 14.1. The van der Waals surface area contributed by atoms with Crippen molar-refractivity contribution in [3.63, 3.8) is 0 Å². The molecule has 2 aromatic rings. The fourth-order valence-electron chi connectivity index (χ4n) is 3.03. The van der Waals surface area contributed by atoms with Crippen LogP contribution in [-0.4, -0.2) is 53.4 Å². The van der Waals surface area contributed by atoms with Crippen LogP contribution in [0.1, 0.15) is 23.0 Å². The molecule has 1 amide bonds. The Bertz CT molecular complexity index is 671. The smallest absolute Gasteiger partial charge is 0.256 e. The molecule has 112 valence electrons. The summed E-state index contributed by atoms with van der Waals surface area (Å²) in [6.07, 6.45) is 0. The van der Waals surface area contributed by atoms with Crippen molar-refractivity contribution in [2.75, 3.05) is 32.7 Å². The molecule has 0 bridgehead atoms. The molecule has 0 saturated carbocycles. The number of carbonyl (C=O) groups excluding carboxylic acids is 1. The average Bonchev–Trinajstić information content (AvgIpc) is 2.84. The van der Waals surface area contributed by atoms with Gasteiger partial charge >= 0.3 is 0 Å². The third-order valence-electron chi connectivity index (χ3n) is 4.28. The predicted molar refractivity (Wildman–Crippen MR) is 81.0 cm³/mol. The van der Waals surface area contributed by atoms with Gasteiger partial charge in [-0.25, -0.2) is 4.39 Å². The Hall–Kier alpha value is -1.88. The summed E-state index contributed by atoms with van der Waals surface area (Å²) in [5.74, 6) is -0.410. The minimum absolute atomic E-state index is 0.0698. The highest BCUT2D eigenvalue weighted by Gasteiger charge is 2.26. The number of halogens is 1. The topological polar surface area (TPSA) is 39.3 Å². The van der Waals surface area contributed by atoms with Crippen molar-refractivity contribution in [3.05, 3.63) is 35.3 Å². The van der Waals surface area contributed by atoms with Crippen molar-refractivity contribution in [3.8, 4) is 0 Å². The molecule has 3 rings (SSSR count). The lowest BCUT2D eigenvalue weighted by Crippen LogP contribution is -2.48. The molecule has 0 radical (unpaired) electrons. The van der Waals surface area contributed by atoms with Gasteiger partial charge < -0.3 is 14.8 Å². The number of fused-ring (bicyclic) bond motifs is 1. The number of nitrogens with one attached hydrogen (secondary N) is 1. The Balaban J connectivity index is 1.94. The first-order chi connectivity index (χ1) is 10.1. The number of aromatic amines is 1. The molecule has 0 unspecified atom stereocenters. The molecule has 0 atom stereocenters. The second kappa shape index (κ2) is 5.48. The number of likely N-dealkylation sites (N-methyl/N-ethyl adjacent to an activating group) is 1. The summed E-state index contributed by atoms with van der Waals surface area (Å²) in [5.41, 5.74) is 1.90. The summed E-state index contributed by atoms with van der Waals surface area (Å²) in [4.78, 5) is 20.0. The SMILES string of the molecule is CCN1CCN(C(=O)c2c(C)[nH]c3cccc(F)c23)CC1. The number of hydrogen-bond donors (Lipinski definition) is 1. The zero-order valence-electron chi connectivity index (χ0n) is 12.4. The standard InChI is InChI=1S/C16H20FN3O/c1-3-19-7-9-20(10-8-19)16(21)14-11(2)18-13-6-4-5-12(17)15(13)14/h4-6,18H,3,7-10H2,1-2H3. The van der Waals surface area contributed by atoms with Crippen molar-refractivity contribution in [2.24, 2.45) is 0 Å². The van der Waals surface area contributed by atoms with Crippen LogP contribution in [0.5, 0.6) is 0 Å². The molecular weight excluding hydrogens is 269 g/mol. The summed E-state index contributed by atoms with van der Waals surface area (Å²) in [6.45, 7) is 8.12. The number of aryl methyl sites for hydroxylation is 1. The van der Waals surface area contributed by atoms with Gasteiger partial charge in [-0.15, -0.1) is 0 Å². The number of H-pyrrole nitrogens is 1. The predicted octanol–water partition coefficient (Wildman–Crippen LogP) is 2.39. The van der Waals surface area contributed by atoms with Crippen LogP contribution in [0.2, 0.25) is 0 Å². The zero-order chi connectivity index (χ0) is 15.0. The Morgan fingerprint density at radius 2 is 2.00 bits per heavy atom. The lowest BCUT2D eigenvalue weighted by atomic mass is 10.1. The molecule has 1 aromatic heterocycles. The first-order valence-corrected chi connectivity index (χ1v) is 7.40. The Labute approximate surface area is 123 Å². The Kier molecular flexibility index (Phi) is 3.68. The fourth-order valence-corrected chi connectivity index (χ4v) is 3.03. The summed E-state index contributed by atoms with van der Waals surface area (Å²) in [7, 11) is 0. The maximum atomic E-state index is 14.1. The lowest BCUT2D eigenvalue weighted by Gasteiger charge is -2.34. The molecule has 1 aromatic carbocycles. The Morgan fingerprint density at radius 3 is 2.67 bits per heavy atom. The van der Waals surface area contributed by atoms with Crippen LogP contribution in [-0.2, 0) is 0 Å². The van der Waals surface area contributed by atoms with Crippen molar-refractivity contribution in [2.45, 2.75) is 13.8 Å². The third-order valence-corrected chi connectivity index (χ3v) is 4.28. The van der Waals surface area contributed by atoms with Gasteiger partial charge in [0.25, 0.3) is 5.91 Å². The number of aromatic nitrogens is 1. The molecule has 2 heterocycles. The van der Waals surface area contributed by atoms with Crippen molar-refractivity contribution in [1.82, 2.24) is 14.8 Å². The normalized spacial score (nSPS) is 16.6. The highest BCUT2D eigenvalue weighted by Crippen LogP contribution is 2.26. The van der Waals surface area contributed by atoms with Crippen LogP contribution in [0, 0.1) is 12.7 Å².